The Morgan fingerprint density at radius 1 is 1.39 bits per heavy atom. The van der Waals surface area contributed by atoms with Gasteiger partial charge in [0.2, 0.25) is 5.91 Å². The van der Waals surface area contributed by atoms with Crippen LogP contribution in [0.25, 0.3) is 0 Å². The molecule has 18 heavy (non-hydrogen) atoms. The summed E-state index contributed by atoms with van der Waals surface area (Å²) in [6.07, 6.45) is 0.303. The molecule has 0 radical (unpaired) electrons. The minimum atomic E-state index is -1.07. The minimum absolute atomic E-state index is 0.110. The molecule has 2 aliphatic heterocycles. The van der Waals surface area contributed by atoms with Crippen molar-refractivity contribution in [2.75, 3.05) is 13.1 Å². The number of carbonyl (C=O) groups is 2. The van der Waals surface area contributed by atoms with E-state index < -0.39 is 4.84 Å². The lowest BCUT2D eigenvalue weighted by molar-refractivity contribution is -0.151. The molecule has 1 unspecified atom stereocenters. The standard InChI is InChI=1S/C12H18Cl2N2O2/c1-7-4-8(17)15-5-12(2,3)6-16(10(7)15)11(18)9(13)14/h7,9-10H,4-6H2,1-3H3/t7-,10?/m0/s1. The molecule has 0 aromatic rings. The molecular formula is C12H18Cl2N2O2. The third-order valence-electron chi connectivity index (χ3n) is 3.63. The Morgan fingerprint density at radius 3 is 2.56 bits per heavy atom. The summed E-state index contributed by atoms with van der Waals surface area (Å²) in [4.78, 5) is 26.5. The average Bonchev–Trinajstić information content (AvgIpc) is 2.50. The van der Waals surface area contributed by atoms with Gasteiger partial charge in [-0.2, -0.15) is 0 Å². The number of carbonyl (C=O) groups excluding carboxylic acids is 2. The first-order valence-electron chi connectivity index (χ1n) is 6.11. The van der Waals surface area contributed by atoms with Gasteiger partial charge in [-0.15, -0.1) is 0 Å². The Labute approximate surface area is 117 Å². The number of nitrogens with zero attached hydrogens (tertiary/aromatic N) is 2. The van der Waals surface area contributed by atoms with Crippen molar-refractivity contribution in [3.8, 4) is 0 Å². The van der Waals surface area contributed by atoms with E-state index in [4.69, 9.17) is 23.2 Å². The first-order valence-corrected chi connectivity index (χ1v) is 6.98. The SMILES string of the molecule is C[C@H]1CC(=O)N2CC(C)(C)CN(C(=O)C(Cl)Cl)C12. The van der Waals surface area contributed by atoms with Gasteiger partial charge in [-0.3, -0.25) is 9.59 Å². The summed E-state index contributed by atoms with van der Waals surface area (Å²) in [7, 11) is 0. The fraction of sp³-hybridized carbons (Fsp3) is 0.833. The first-order chi connectivity index (χ1) is 8.23. The minimum Gasteiger partial charge on any atom is -0.321 e. The van der Waals surface area contributed by atoms with E-state index in [2.05, 4.69) is 0 Å². The second kappa shape index (κ2) is 4.57. The third kappa shape index (κ3) is 2.32. The van der Waals surface area contributed by atoms with Gasteiger partial charge in [0.15, 0.2) is 4.84 Å². The van der Waals surface area contributed by atoms with Gasteiger partial charge in [0.25, 0.3) is 5.91 Å². The number of halogens is 2. The fourth-order valence-electron chi connectivity index (χ4n) is 3.01. The van der Waals surface area contributed by atoms with Crippen LogP contribution in [0.1, 0.15) is 27.2 Å². The number of hydrogen-bond acceptors (Lipinski definition) is 2. The normalized spacial score (nSPS) is 30.9. The Balaban J connectivity index is 2.32. The molecule has 2 fully saturated rings. The number of amides is 2. The van der Waals surface area contributed by atoms with E-state index >= 15 is 0 Å². The zero-order chi connectivity index (χ0) is 13.7. The summed E-state index contributed by atoms with van der Waals surface area (Å²) in [5.41, 5.74) is -0.130. The first kappa shape index (κ1) is 13.9. The van der Waals surface area contributed by atoms with E-state index in [-0.39, 0.29) is 29.3 Å². The molecule has 0 N–H and O–H groups in total. The largest absolute Gasteiger partial charge is 0.321 e. The van der Waals surface area contributed by atoms with Crippen LogP contribution in [0.15, 0.2) is 0 Å². The molecular weight excluding hydrogens is 275 g/mol. The quantitative estimate of drug-likeness (QED) is 0.692. The second-order valence-electron chi connectivity index (χ2n) is 6.05. The maximum Gasteiger partial charge on any atom is 0.257 e. The highest BCUT2D eigenvalue weighted by molar-refractivity contribution is 6.53. The molecule has 2 saturated heterocycles. The van der Waals surface area contributed by atoms with Crippen LogP contribution in [0.3, 0.4) is 0 Å². The average molecular weight is 293 g/mol. The van der Waals surface area contributed by atoms with Crippen LogP contribution in [0.4, 0.5) is 0 Å². The molecule has 4 nitrogen and oxygen atoms in total. The summed E-state index contributed by atoms with van der Waals surface area (Å²) in [5, 5.41) is 0. The van der Waals surface area contributed by atoms with Crippen molar-refractivity contribution in [1.29, 1.82) is 0 Å². The van der Waals surface area contributed by atoms with Crippen LogP contribution < -0.4 is 0 Å². The number of fused-ring (bicyclic) bond motifs is 1. The van der Waals surface area contributed by atoms with Crippen molar-refractivity contribution in [2.45, 2.75) is 38.2 Å². The van der Waals surface area contributed by atoms with E-state index in [1.807, 2.05) is 20.8 Å². The topological polar surface area (TPSA) is 40.6 Å². The smallest absolute Gasteiger partial charge is 0.257 e. The molecule has 0 bridgehead atoms. The van der Waals surface area contributed by atoms with Crippen LogP contribution in [0, 0.1) is 11.3 Å². The second-order valence-corrected chi connectivity index (χ2v) is 7.14. The van der Waals surface area contributed by atoms with Crippen LogP contribution in [-0.2, 0) is 9.59 Å². The summed E-state index contributed by atoms with van der Waals surface area (Å²) in [6, 6.07) is 0. The molecule has 2 aliphatic rings. The maximum atomic E-state index is 12.1. The molecule has 2 amide bonds. The highest BCUT2D eigenvalue weighted by atomic mass is 35.5. The molecule has 0 spiro atoms. The Bertz CT molecular complexity index is 384. The summed E-state index contributed by atoms with van der Waals surface area (Å²) in [6.45, 7) is 7.33. The zero-order valence-corrected chi connectivity index (χ0v) is 12.3. The number of alkyl halides is 2. The molecule has 0 aliphatic carbocycles. The van der Waals surface area contributed by atoms with Crippen molar-refractivity contribution in [3.05, 3.63) is 0 Å². The maximum absolute atomic E-state index is 12.1. The Kier molecular flexibility index (Phi) is 3.54. The highest BCUT2D eigenvalue weighted by Gasteiger charge is 2.49. The lowest BCUT2D eigenvalue weighted by Crippen LogP contribution is -2.62. The van der Waals surface area contributed by atoms with E-state index in [0.717, 1.165) is 0 Å². The van der Waals surface area contributed by atoms with Crippen molar-refractivity contribution < 1.29 is 9.59 Å². The Morgan fingerprint density at radius 2 is 2.00 bits per heavy atom. The van der Waals surface area contributed by atoms with Crippen LogP contribution in [0.2, 0.25) is 0 Å². The van der Waals surface area contributed by atoms with Gasteiger partial charge in [-0.05, 0) is 0 Å². The molecule has 0 aromatic heterocycles. The van der Waals surface area contributed by atoms with Gasteiger partial charge in [0.05, 0.1) is 0 Å². The summed E-state index contributed by atoms with van der Waals surface area (Å²) < 4.78 is 0. The lowest BCUT2D eigenvalue weighted by atomic mass is 9.88. The van der Waals surface area contributed by atoms with E-state index in [0.29, 0.717) is 19.5 Å². The molecule has 2 heterocycles. The van der Waals surface area contributed by atoms with Crippen molar-refractivity contribution >= 4 is 35.0 Å². The summed E-state index contributed by atoms with van der Waals surface area (Å²) in [5.74, 6) is -0.0638. The third-order valence-corrected chi connectivity index (χ3v) is 4.00. The van der Waals surface area contributed by atoms with Crippen LogP contribution >= 0.6 is 23.2 Å². The predicted octanol–water partition coefficient (Wildman–Crippen LogP) is 1.85. The molecule has 6 heteroatoms. The van der Waals surface area contributed by atoms with Crippen molar-refractivity contribution in [3.63, 3.8) is 0 Å². The number of rotatable bonds is 1. The van der Waals surface area contributed by atoms with Gasteiger partial charge in [0.1, 0.15) is 6.17 Å². The molecule has 102 valence electrons. The van der Waals surface area contributed by atoms with Crippen molar-refractivity contribution in [2.24, 2.45) is 11.3 Å². The monoisotopic (exact) mass is 292 g/mol. The predicted molar refractivity (Wildman–Crippen MR) is 70.3 cm³/mol. The van der Waals surface area contributed by atoms with Crippen LogP contribution in [-0.4, -0.2) is 45.7 Å². The molecule has 2 rings (SSSR count). The molecule has 2 atom stereocenters. The van der Waals surface area contributed by atoms with Gasteiger partial charge in [-0.1, -0.05) is 44.0 Å². The van der Waals surface area contributed by atoms with Gasteiger partial charge in [-0.25, -0.2) is 0 Å². The molecule has 0 aromatic carbocycles. The molecule has 0 saturated carbocycles. The number of hydrogen-bond donors (Lipinski definition) is 0. The van der Waals surface area contributed by atoms with E-state index in [1.54, 1.807) is 9.80 Å². The van der Waals surface area contributed by atoms with Crippen LogP contribution in [0.5, 0.6) is 0 Å². The van der Waals surface area contributed by atoms with Gasteiger partial charge in [0, 0.05) is 30.8 Å². The van der Waals surface area contributed by atoms with E-state index in [9.17, 15) is 9.59 Å². The zero-order valence-electron chi connectivity index (χ0n) is 10.8. The van der Waals surface area contributed by atoms with E-state index in [1.165, 1.54) is 0 Å². The highest BCUT2D eigenvalue weighted by Crippen LogP contribution is 2.37. The lowest BCUT2D eigenvalue weighted by Gasteiger charge is -2.48. The summed E-state index contributed by atoms with van der Waals surface area (Å²) >= 11 is 11.4. The fourth-order valence-corrected chi connectivity index (χ4v) is 3.26. The van der Waals surface area contributed by atoms with Gasteiger partial charge >= 0.3 is 0 Å². The van der Waals surface area contributed by atoms with Gasteiger partial charge < -0.3 is 9.80 Å². The Hall–Kier alpha value is -0.480. The van der Waals surface area contributed by atoms with Crippen molar-refractivity contribution in [1.82, 2.24) is 9.80 Å².